The van der Waals surface area contributed by atoms with E-state index in [-0.39, 0.29) is 24.2 Å². The largest absolute Gasteiger partial charge is 0.417 e. The molecule has 0 radical (unpaired) electrons. The van der Waals surface area contributed by atoms with E-state index in [4.69, 9.17) is 11.6 Å². The van der Waals surface area contributed by atoms with Gasteiger partial charge >= 0.3 is 18.5 Å². The molecule has 1 heterocycles. The van der Waals surface area contributed by atoms with Gasteiger partial charge in [-0.15, -0.1) is 0 Å². The van der Waals surface area contributed by atoms with Crippen LogP contribution in [0.5, 0.6) is 0 Å². The van der Waals surface area contributed by atoms with Gasteiger partial charge in [0.1, 0.15) is 11.7 Å². The summed E-state index contributed by atoms with van der Waals surface area (Å²) in [6, 6.07) is 3.93. The lowest BCUT2D eigenvalue weighted by Crippen LogP contribution is -2.21. The Labute approximate surface area is 218 Å². The third-order valence-electron chi connectivity index (χ3n) is 5.20. The molecular weight excluding hydrogens is 572 g/mol. The first-order chi connectivity index (χ1) is 18.0. The molecule has 0 aliphatic rings. The molecule has 0 spiro atoms. The van der Waals surface area contributed by atoms with Gasteiger partial charge in [-0.05, 0) is 35.9 Å². The minimum atomic E-state index is -5.26. The first-order valence-electron chi connectivity index (χ1n) is 10.5. The number of ketones is 1. The molecule has 3 aromatic rings. The number of aromatic nitrogens is 2. The number of hydrogen-bond donors (Lipinski definition) is 1. The number of alkyl halides is 9. The SMILES string of the molecule is O=C(CNc1ncccn1)c1ccc(/C(F)=C/C(c2ccc(C(F)(F)F)c(Cl)c2)C(F)(F)F)cc1C(F)(F)F. The Morgan fingerprint density at radius 2 is 1.51 bits per heavy atom. The summed E-state index contributed by atoms with van der Waals surface area (Å²) in [5.41, 5.74) is -5.78. The van der Waals surface area contributed by atoms with E-state index >= 15 is 0 Å². The van der Waals surface area contributed by atoms with E-state index in [1.807, 2.05) is 0 Å². The first-order valence-corrected chi connectivity index (χ1v) is 10.9. The number of halogens is 11. The molecule has 0 aliphatic heterocycles. The van der Waals surface area contributed by atoms with Crippen LogP contribution in [0, 0.1) is 0 Å². The van der Waals surface area contributed by atoms with Crippen molar-refractivity contribution < 1.29 is 48.7 Å². The zero-order chi connectivity index (χ0) is 29.2. The van der Waals surface area contributed by atoms with Crippen LogP contribution in [-0.2, 0) is 12.4 Å². The zero-order valence-corrected chi connectivity index (χ0v) is 19.8. The van der Waals surface area contributed by atoms with Crippen LogP contribution in [0.25, 0.3) is 5.83 Å². The summed E-state index contributed by atoms with van der Waals surface area (Å²) in [6.07, 6.45) is -12.9. The molecule has 1 unspecified atom stereocenters. The second kappa shape index (κ2) is 11.2. The van der Waals surface area contributed by atoms with Crippen LogP contribution < -0.4 is 5.32 Å². The summed E-state index contributed by atoms with van der Waals surface area (Å²) in [7, 11) is 0. The number of nitrogens with zero attached hydrogens (tertiary/aromatic N) is 2. The standard InChI is InChI=1S/C24H14ClF10N3O/c25-18-9-12(3-5-15(18)22(27,28)29)16(23(30,31)32)10-19(26)13-2-4-14(17(8-13)24(33,34)35)20(39)11-38-21-36-6-1-7-37-21/h1-10,16H,11H2,(H,36,37,38)/b19-10-. The van der Waals surface area contributed by atoms with Gasteiger partial charge in [-0.25, -0.2) is 14.4 Å². The van der Waals surface area contributed by atoms with Gasteiger partial charge in [0.15, 0.2) is 5.78 Å². The molecule has 4 nitrogen and oxygen atoms in total. The van der Waals surface area contributed by atoms with Crippen molar-refractivity contribution in [1.82, 2.24) is 9.97 Å². The number of anilines is 1. The van der Waals surface area contributed by atoms with Gasteiger partial charge in [0, 0.05) is 23.5 Å². The number of rotatable bonds is 7. The van der Waals surface area contributed by atoms with Crippen molar-refractivity contribution in [2.75, 3.05) is 11.9 Å². The number of carbonyl (C=O) groups excluding carboxylic acids is 1. The van der Waals surface area contributed by atoms with Crippen molar-refractivity contribution in [3.8, 4) is 0 Å². The Kier molecular flexibility index (Phi) is 8.58. The van der Waals surface area contributed by atoms with E-state index in [2.05, 4.69) is 15.3 Å². The zero-order valence-electron chi connectivity index (χ0n) is 19.0. The Balaban J connectivity index is 1.98. The van der Waals surface area contributed by atoms with Crippen LogP contribution in [0.1, 0.15) is 38.5 Å². The van der Waals surface area contributed by atoms with Crippen LogP contribution in [0.3, 0.4) is 0 Å². The molecule has 39 heavy (non-hydrogen) atoms. The molecule has 3 rings (SSSR count). The smallest absolute Gasteiger partial charge is 0.347 e. The summed E-state index contributed by atoms with van der Waals surface area (Å²) in [5, 5.41) is 1.32. The van der Waals surface area contributed by atoms with E-state index < -0.39 is 75.4 Å². The Hall–Kier alpha value is -3.68. The predicted octanol–water partition coefficient (Wildman–Crippen LogP) is 8.12. The van der Waals surface area contributed by atoms with E-state index in [1.54, 1.807) is 0 Å². The van der Waals surface area contributed by atoms with E-state index in [9.17, 15) is 48.7 Å². The lowest BCUT2D eigenvalue weighted by atomic mass is 9.94. The maximum atomic E-state index is 14.9. The summed E-state index contributed by atoms with van der Waals surface area (Å²) >= 11 is 5.47. The highest BCUT2D eigenvalue weighted by molar-refractivity contribution is 6.31. The van der Waals surface area contributed by atoms with Crippen LogP contribution in [0.15, 0.2) is 60.9 Å². The van der Waals surface area contributed by atoms with Gasteiger partial charge in [0.25, 0.3) is 0 Å². The average molecular weight is 586 g/mol. The van der Waals surface area contributed by atoms with Gasteiger partial charge < -0.3 is 5.32 Å². The van der Waals surface area contributed by atoms with Crippen LogP contribution >= 0.6 is 11.6 Å². The van der Waals surface area contributed by atoms with Crippen LogP contribution in [-0.4, -0.2) is 28.5 Å². The summed E-state index contributed by atoms with van der Waals surface area (Å²) in [6.45, 7) is -0.685. The van der Waals surface area contributed by atoms with Crippen LogP contribution in [0.2, 0.25) is 5.02 Å². The molecule has 1 aromatic heterocycles. The van der Waals surface area contributed by atoms with E-state index in [0.29, 0.717) is 24.3 Å². The lowest BCUT2D eigenvalue weighted by molar-refractivity contribution is -0.140. The van der Waals surface area contributed by atoms with Crippen molar-refractivity contribution in [1.29, 1.82) is 0 Å². The van der Waals surface area contributed by atoms with E-state index in [1.165, 1.54) is 18.5 Å². The number of hydrogen-bond acceptors (Lipinski definition) is 4. The summed E-state index contributed by atoms with van der Waals surface area (Å²) in [5.74, 6) is -5.79. The van der Waals surface area contributed by atoms with Gasteiger partial charge in [0.05, 0.1) is 22.7 Å². The minimum Gasteiger partial charge on any atom is -0.347 e. The third kappa shape index (κ3) is 7.46. The molecule has 0 fully saturated rings. The van der Waals surface area contributed by atoms with Gasteiger partial charge in [-0.3, -0.25) is 4.79 Å². The molecule has 1 N–H and O–H groups in total. The molecule has 208 valence electrons. The summed E-state index contributed by atoms with van der Waals surface area (Å²) in [4.78, 5) is 19.9. The second-order valence-corrected chi connectivity index (χ2v) is 8.29. The molecule has 0 bridgehead atoms. The Bertz CT molecular complexity index is 1370. The lowest BCUT2D eigenvalue weighted by Gasteiger charge is -2.19. The Morgan fingerprint density at radius 1 is 0.897 bits per heavy atom. The number of carbonyl (C=O) groups is 1. The highest BCUT2D eigenvalue weighted by atomic mass is 35.5. The minimum absolute atomic E-state index is 0.0634. The summed E-state index contributed by atoms with van der Waals surface area (Å²) < 4.78 is 136. The van der Waals surface area contributed by atoms with Crippen molar-refractivity contribution >= 4 is 29.2 Å². The Morgan fingerprint density at radius 3 is 2.05 bits per heavy atom. The van der Waals surface area contributed by atoms with Crippen molar-refractivity contribution in [2.24, 2.45) is 0 Å². The van der Waals surface area contributed by atoms with E-state index in [0.717, 1.165) is 0 Å². The highest BCUT2D eigenvalue weighted by Crippen LogP contribution is 2.42. The van der Waals surface area contributed by atoms with Crippen LogP contribution in [0.4, 0.5) is 49.9 Å². The van der Waals surface area contributed by atoms with Gasteiger partial charge in [-0.1, -0.05) is 29.8 Å². The molecule has 0 aliphatic carbocycles. The molecule has 0 saturated carbocycles. The molecule has 15 heteroatoms. The fourth-order valence-electron chi connectivity index (χ4n) is 3.39. The number of benzene rings is 2. The first kappa shape index (κ1) is 29.9. The quantitative estimate of drug-likeness (QED) is 0.225. The van der Waals surface area contributed by atoms with Crippen molar-refractivity contribution in [3.05, 3.63) is 93.8 Å². The third-order valence-corrected chi connectivity index (χ3v) is 5.51. The monoisotopic (exact) mass is 585 g/mol. The number of allylic oxidation sites excluding steroid dienone is 1. The van der Waals surface area contributed by atoms with Crippen molar-refractivity contribution in [3.63, 3.8) is 0 Å². The molecule has 1 atom stereocenters. The molecule has 2 aromatic carbocycles. The molecular formula is C24H14ClF10N3O. The van der Waals surface area contributed by atoms with Crippen molar-refractivity contribution in [2.45, 2.75) is 24.4 Å². The fraction of sp³-hybridized carbons (Fsp3) is 0.208. The second-order valence-electron chi connectivity index (χ2n) is 7.88. The number of Topliss-reactive ketones (excluding diaryl/α,β-unsaturated/α-hetero) is 1. The van der Waals surface area contributed by atoms with Gasteiger partial charge in [-0.2, -0.15) is 39.5 Å². The molecule has 0 saturated heterocycles. The maximum Gasteiger partial charge on any atom is 0.417 e. The van der Waals surface area contributed by atoms with Gasteiger partial charge in [0.2, 0.25) is 5.95 Å². The molecule has 0 amide bonds. The fourth-order valence-corrected chi connectivity index (χ4v) is 3.69. The highest BCUT2D eigenvalue weighted by Gasteiger charge is 2.42. The number of nitrogens with one attached hydrogen (secondary N) is 1. The average Bonchev–Trinajstić information content (AvgIpc) is 2.83. The normalized spacial score (nSPS) is 13.8. The predicted molar refractivity (Wildman–Crippen MR) is 121 cm³/mol. The topological polar surface area (TPSA) is 54.9 Å². The maximum absolute atomic E-state index is 14.9.